The molecule has 0 atom stereocenters. The molecule has 0 radical (unpaired) electrons. The van der Waals surface area contributed by atoms with Crippen molar-refractivity contribution < 1.29 is 0 Å². The summed E-state index contributed by atoms with van der Waals surface area (Å²) in [5.41, 5.74) is 2.39. The molecule has 6 nitrogen and oxygen atoms in total. The molecule has 28 heavy (non-hydrogen) atoms. The summed E-state index contributed by atoms with van der Waals surface area (Å²) in [5, 5.41) is 11.1. The van der Waals surface area contributed by atoms with Gasteiger partial charge in [-0.3, -0.25) is 4.99 Å². The van der Waals surface area contributed by atoms with Gasteiger partial charge in [-0.2, -0.15) is 5.10 Å². The first-order valence-corrected chi connectivity index (χ1v) is 10.1. The van der Waals surface area contributed by atoms with E-state index < -0.39 is 0 Å². The summed E-state index contributed by atoms with van der Waals surface area (Å²) < 4.78 is 1.87. The minimum absolute atomic E-state index is 0. The number of rotatable bonds is 9. The van der Waals surface area contributed by atoms with Crippen molar-refractivity contribution in [3.63, 3.8) is 0 Å². The molecule has 154 valence electrons. The number of likely N-dealkylation sites (tertiary alicyclic amines) is 1. The largest absolute Gasteiger partial charge is 0.356 e. The molecule has 0 amide bonds. The fourth-order valence-corrected chi connectivity index (χ4v) is 3.46. The lowest BCUT2D eigenvalue weighted by Crippen LogP contribution is -2.38. The van der Waals surface area contributed by atoms with Gasteiger partial charge in [-0.05, 0) is 75.5 Å². The monoisotopic (exact) mass is 496 g/mol. The molecule has 3 rings (SSSR count). The van der Waals surface area contributed by atoms with Crippen LogP contribution in [0.4, 0.5) is 0 Å². The van der Waals surface area contributed by atoms with Crippen LogP contribution in [-0.4, -0.2) is 60.4 Å². The van der Waals surface area contributed by atoms with Gasteiger partial charge < -0.3 is 15.5 Å². The van der Waals surface area contributed by atoms with Gasteiger partial charge in [0, 0.05) is 32.5 Å². The van der Waals surface area contributed by atoms with E-state index >= 15 is 0 Å². The first-order valence-electron chi connectivity index (χ1n) is 10.1. The van der Waals surface area contributed by atoms with Crippen molar-refractivity contribution in [2.75, 3.05) is 39.8 Å². The van der Waals surface area contributed by atoms with E-state index in [1.807, 2.05) is 24.0 Å². The van der Waals surface area contributed by atoms with E-state index in [1.165, 1.54) is 50.9 Å². The van der Waals surface area contributed by atoms with Gasteiger partial charge in [0.05, 0.1) is 5.69 Å². The Bertz CT molecular complexity index is 677. The van der Waals surface area contributed by atoms with Crippen LogP contribution >= 0.6 is 24.0 Å². The molecule has 1 aromatic carbocycles. The Morgan fingerprint density at radius 3 is 2.50 bits per heavy atom. The number of nitrogens with one attached hydrogen (secondary N) is 2. The second kappa shape index (κ2) is 12.8. The molecule has 0 spiro atoms. The topological polar surface area (TPSA) is 57.5 Å². The normalized spacial score (nSPS) is 14.7. The zero-order valence-corrected chi connectivity index (χ0v) is 19.1. The van der Waals surface area contributed by atoms with E-state index in [9.17, 15) is 0 Å². The molecule has 1 fully saturated rings. The van der Waals surface area contributed by atoms with Crippen molar-refractivity contribution in [1.82, 2.24) is 25.3 Å². The summed E-state index contributed by atoms with van der Waals surface area (Å²) in [6.45, 7) is 5.67. The summed E-state index contributed by atoms with van der Waals surface area (Å²) >= 11 is 0. The molecule has 0 bridgehead atoms. The van der Waals surface area contributed by atoms with Gasteiger partial charge in [0.25, 0.3) is 0 Å². The lowest BCUT2D eigenvalue weighted by Gasteiger charge is -2.15. The Morgan fingerprint density at radius 2 is 1.82 bits per heavy atom. The molecule has 7 heteroatoms. The Kier molecular flexibility index (Phi) is 10.3. The highest BCUT2D eigenvalue weighted by Gasteiger charge is 2.10. The SMILES string of the molecule is CN=C(NCCCCN1CCCC1)NCCc1ccc(-n2cccn2)cc1.I. The number of halogens is 1. The van der Waals surface area contributed by atoms with Gasteiger partial charge in [0.15, 0.2) is 5.96 Å². The van der Waals surface area contributed by atoms with Gasteiger partial charge in [-0.1, -0.05) is 12.1 Å². The summed E-state index contributed by atoms with van der Waals surface area (Å²) in [6, 6.07) is 10.5. The van der Waals surface area contributed by atoms with E-state index in [0.717, 1.165) is 31.2 Å². The van der Waals surface area contributed by atoms with Crippen LogP contribution < -0.4 is 10.6 Å². The third-order valence-corrected chi connectivity index (χ3v) is 5.03. The molecular formula is C21H33IN6. The lowest BCUT2D eigenvalue weighted by atomic mass is 10.1. The maximum Gasteiger partial charge on any atom is 0.190 e. The summed E-state index contributed by atoms with van der Waals surface area (Å²) in [5.74, 6) is 0.893. The summed E-state index contributed by atoms with van der Waals surface area (Å²) in [7, 11) is 1.83. The Hall–Kier alpha value is -1.61. The van der Waals surface area contributed by atoms with Crippen molar-refractivity contribution in [2.24, 2.45) is 4.99 Å². The average molecular weight is 496 g/mol. The van der Waals surface area contributed by atoms with Crippen LogP contribution in [0.2, 0.25) is 0 Å². The summed E-state index contributed by atoms with van der Waals surface area (Å²) in [4.78, 5) is 6.89. The standard InChI is InChI=1S/C21H32N6.HI/c1-22-21(23-12-2-3-15-26-16-4-5-17-26)24-14-11-19-7-9-20(10-8-19)27-18-6-13-25-27;/h6-10,13,18H,2-5,11-12,14-17H2,1H3,(H2,22,23,24);1H. The third kappa shape index (κ3) is 7.43. The van der Waals surface area contributed by atoms with Crippen LogP contribution in [0.25, 0.3) is 5.69 Å². The molecule has 1 aliphatic rings. The molecule has 1 saturated heterocycles. The first-order chi connectivity index (χ1) is 13.3. The highest BCUT2D eigenvalue weighted by Crippen LogP contribution is 2.09. The first kappa shape index (κ1) is 22.7. The van der Waals surface area contributed by atoms with E-state index in [2.05, 4.69) is 49.9 Å². The Balaban J connectivity index is 0.00000280. The van der Waals surface area contributed by atoms with Crippen molar-refractivity contribution >= 4 is 29.9 Å². The number of hydrogen-bond donors (Lipinski definition) is 2. The van der Waals surface area contributed by atoms with Gasteiger partial charge in [0.2, 0.25) is 0 Å². The second-order valence-electron chi connectivity index (χ2n) is 7.05. The van der Waals surface area contributed by atoms with Crippen LogP contribution in [-0.2, 0) is 6.42 Å². The number of guanidine groups is 1. The van der Waals surface area contributed by atoms with Gasteiger partial charge in [-0.15, -0.1) is 24.0 Å². The van der Waals surface area contributed by atoms with E-state index in [-0.39, 0.29) is 24.0 Å². The maximum absolute atomic E-state index is 4.31. The predicted molar refractivity (Wildman–Crippen MR) is 127 cm³/mol. The van der Waals surface area contributed by atoms with E-state index in [4.69, 9.17) is 0 Å². The maximum atomic E-state index is 4.31. The molecule has 0 aliphatic carbocycles. The van der Waals surface area contributed by atoms with E-state index in [1.54, 1.807) is 6.20 Å². The molecule has 0 unspecified atom stereocenters. The number of benzene rings is 1. The molecular weight excluding hydrogens is 463 g/mol. The van der Waals surface area contributed by atoms with Crippen LogP contribution in [0.5, 0.6) is 0 Å². The molecule has 0 saturated carbocycles. The number of unbranched alkanes of at least 4 members (excludes halogenated alkanes) is 1. The fourth-order valence-electron chi connectivity index (χ4n) is 3.46. The predicted octanol–water partition coefficient (Wildman–Crippen LogP) is 3.07. The summed E-state index contributed by atoms with van der Waals surface area (Å²) in [6.07, 6.45) is 9.91. The zero-order chi connectivity index (χ0) is 18.7. The third-order valence-electron chi connectivity index (χ3n) is 5.03. The quantitative estimate of drug-likeness (QED) is 0.243. The number of aliphatic imine (C=N–C) groups is 1. The molecule has 1 aromatic heterocycles. The van der Waals surface area contributed by atoms with Gasteiger partial charge >= 0.3 is 0 Å². The molecule has 2 heterocycles. The van der Waals surface area contributed by atoms with Crippen molar-refractivity contribution in [3.8, 4) is 5.69 Å². The molecule has 1 aliphatic heterocycles. The van der Waals surface area contributed by atoms with Crippen molar-refractivity contribution in [2.45, 2.75) is 32.1 Å². The highest BCUT2D eigenvalue weighted by atomic mass is 127. The smallest absolute Gasteiger partial charge is 0.190 e. The Labute approximate surface area is 185 Å². The number of aromatic nitrogens is 2. The highest BCUT2D eigenvalue weighted by molar-refractivity contribution is 14.0. The zero-order valence-electron chi connectivity index (χ0n) is 16.8. The number of hydrogen-bond acceptors (Lipinski definition) is 3. The lowest BCUT2D eigenvalue weighted by molar-refractivity contribution is 0.330. The van der Waals surface area contributed by atoms with Crippen molar-refractivity contribution in [3.05, 3.63) is 48.3 Å². The van der Waals surface area contributed by atoms with Gasteiger partial charge in [0.1, 0.15) is 0 Å². The Morgan fingerprint density at radius 1 is 1.07 bits per heavy atom. The van der Waals surface area contributed by atoms with Crippen LogP contribution in [0.3, 0.4) is 0 Å². The number of nitrogens with zero attached hydrogens (tertiary/aromatic N) is 4. The van der Waals surface area contributed by atoms with Crippen molar-refractivity contribution in [1.29, 1.82) is 0 Å². The van der Waals surface area contributed by atoms with Crippen LogP contribution in [0, 0.1) is 0 Å². The minimum Gasteiger partial charge on any atom is -0.356 e. The molecule has 2 N–H and O–H groups in total. The second-order valence-corrected chi connectivity index (χ2v) is 7.05. The van der Waals surface area contributed by atoms with Crippen LogP contribution in [0.1, 0.15) is 31.2 Å². The fraction of sp³-hybridized carbons (Fsp3) is 0.524. The van der Waals surface area contributed by atoms with E-state index in [0.29, 0.717) is 0 Å². The minimum atomic E-state index is 0. The average Bonchev–Trinajstić information content (AvgIpc) is 3.41. The molecule has 2 aromatic rings. The van der Waals surface area contributed by atoms with Gasteiger partial charge in [-0.25, -0.2) is 4.68 Å². The van der Waals surface area contributed by atoms with Crippen LogP contribution in [0.15, 0.2) is 47.7 Å².